The monoisotopic (exact) mass is 269 g/mol. The summed E-state index contributed by atoms with van der Waals surface area (Å²) >= 11 is 0. The van der Waals surface area contributed by atoms with Crippen LogP contribution >= 0.6 is 0 Å². The average molecular weight is 269 g/mol. The molecule has 2 heteroatoms. The van der Waals surface area contributed by atoms with Crippen molar-refractivity contribution in [2.45, 2.75) is 39.3 Å². The van der Waals surface area contributed by atoms with E-state index >= 15 is 0 Å². The lowest BCUT2D eigenvalue weighted by molar-refractivity contribution is 0.460. The SMILES string of the molecule is CC(C)c1ccc(C(C)NCc2ccccc2O)cc1. The molecule has 0 saturated carbocycles. The van der Waals surface area contributed by atoms with E-state index in [2.05, 4.69) is 50.4 Å². The Morgan fingerprint density at radius 3 is 2.10 bits per heavy atom. The van der Waals surface area contributed by atoms with Crippen molar-refractivity contribution in [1.29, 1.82) is 0 Å². The predicted molar refractivity (Wildman–Crippen MR) is 83.9 cm³/mol. The molecule has 0 bridgehead atoms. The molecular formula is C18H23NO. The Morgan fingerprint density at radius 1 is 0.900 bits per heavy atom. The van der Waals surface area contributed by atoms with Gasteiger partial charge in [-0.25, -0.2) is 0 Å². The van der Waals surface area contributed by atoms with Gasteiger partial charge >= 0.3 is 0 Å². The highest BCUT2D eigenvalue weighted by Gasteiger charge is 2.07. The predicted octanol–water partition coefficient (Wildman–Crippen LogP) is 4.37. The van der Waals surface area contributed by atoms with Crippen LogP contribution in [0.3, 0.4) is 0 Å². The van der Waals surface area contributed by atoms with Crippen LogP contribution in [0, 0.1) is 0 Å². The van der Waals surface area contributed by atoms with Crippen molar-refractivity contribution in [2.24, 2.45) is 0 Å². The molecule has 0 saturated heterocycles. The maximum Gasteiger partial charge on any atom is 0.120 e. The molecule has 0 fully saturated rings. The molecular weight excluding hydrogens is 246 g/mol. The van der Waals surface area contributed by atoms with Crippen LogP contribution in [0.5, 0.6) is 5.75 Å². The number of aromatic hydroxyl groups is 1. The Morgan fingerprint density at radius 2 is 1.50 bits per heavy atom. The summed E-state index contributed by atoms with van der Waals surface area (Å²) in [6.45, 7) is 7.22. The molecule has 0 aliphatic carbocycles. The van der Waals surface area contributed by atoms with E-state index in [1.54, 1.807) is 6.07 Å². The second kappa shape index (κ2) is 6.58. The largest absolute Gasteiger partial charge is 0.508 e. The van der Waals surface area contributed by atoms with Gasteiger partial charge in [-0.15, -0.1) is 0 Å². The summed E-state index contributed by atoms with van der Waals surface area (Å²) < 4.78 is 0. The molecule has 2 nitrogen and oxygen atoms in total. The quantitative estimate of drug-likeness (QED) is 0.845. The van der Waals surface area contributed by atoms with E-state index in [1.807, 2.05) is 18.2 Å². The van der Waals surface area contributed by atoms with Crippen LogP contribution in [0.2, 0.25) is 0 Å². The minimum atomic E-state index is 0.260. The number of para-hydroxylation sites is 1. The van der Waals surface area contributed by atoms with Crippen LogP contribution in [-0.4, -0.2) is 5.11 Å². The lowest BCUT2D eigenvalue weighted by atomic mass is 9.99. The Hall–Kier alpha value is -1.80. The van der Waals surface area contributed by atoms with E-state index in [0.29, 0.717) is 18.2 Å². The van der Waals surface area contributed by atoms with Gasteiger partial charge in [-0.1, -0.05) is 56.3 Å². The van der Waals surface area contributed by atoms with E-state index in [9.17, 15) is 5.11 Å². The fourth-order valence-electron chi connectivity index (χ4n) is 2.21. The third-order valence-electron chi connectivity index (χ3n) is 3.69. The summed E-state index contributed by atoms with van der Waals surface area (Å²) in [5, 5.41) is 13.2. The molecule has 0 amide bonds. The molecule has 2 aromatic carbocycles. The third-order valence-corrected chi connectivity index (χ3v) is 3.69. The van der Waals surface area contributed by atoms with Gasteiger partial charge in [0.25, 0.3) is 0 Å². The van der Waals surface area contributed by atoms with Crippen molar-refractivity contribution in [3.8, 4) is 5.75 Å². The zero-order valence-corrected chi connectivity index (χ0v) is 12.4. The molecule has 0 aliphatic heterocycles. The van der Waals surface area contributed by atoms with Gasteiger partial charge in [0.15, 0.2) is 0 Å². The Labute approximate surface area is 121 Å². The molecule has 2 N–H and O–H groups in total. The third kappa shape index (κ3) is 3.61. The number of nitrogens with one attached hydrogen (secondary N) is 1. The maximum absolute atomic E-state index is 9.75. The Kier molecular flexibility index (Phi) is 4.80. The maximum atomic E-state index is 9.75. The van der Waals surface area contributed by atoms with Gasteiger partial charge in [0.1, 0.15) is 5.75 Å². The highest BCUT2D eigenvalue weighted by atomic mass is 16.3. The van der Waals surface area contributed by atoms with Crippen molar-refractivity contribution in [2.75, 3.05) is 0 Å². The standard InChI is InChI=1S/C18H23NO/c1-13(2)15-8-10-16(11-9-15)14(3)19-12-17-6-4-5-7-18(17)20/h4-11,13-14,19-20H,12H2,1-3H3. The summed E-state index contributed by atoms with van der Waals surface area (Å²) in [5.41, 5.74) is 3.56. The molecule has 2 aromatic rings. The van der Waals surface area contributed by atoms with Crippen LogP contribution in [0.15, 0.2) is 48.5 Å². The van der Waals surface area contributed by atoms with Gasteiger partial charge in [0.05, 0.1) is 0 Å². The highest BCUT2D eigenvalue weighted by Crippen LogP contribution is 2.20. The smallest absolute Gasteiger partial charge is 0.120 e. The van der Waals surface area contributed by atoms with Crippen molar-refractivity contribution in [3.63, 3.8) is 0 Å². The summed E-state index contributed by atoms with van der Waals surface area (Å²) in [7, 11) is 0. The van der Waals surface area contributed by atoms with Crippen LogP contribution in [0.4, 0.5) is 0 Å². The van der Waals surface area contributed by atoms with E-state index in [0.717, 1.165) is 5.56 Å². The molecule has 2 rings (SSSR count). The van der Waals surface area contributed by atoms with E-state index < -0.39 is 0 Å². The van der Waals surface area contributed by atoms with Gasteiger partial charge in [0, 0.05) is 18.2 Å². The molecule has 0 heterocycles. The van der Waals surface area contributed by atoms with Crippen LogP contribution in [0.25, 0.3) is 0 Å². The molecule has 0 radical (unpaired) electrons. The number of benzene rings is 2. The number of rotatable bonds is 5. The topological polar surface area (TPSA) is 32.3 Å². The molecule has 20 heavy (non-hydrogen) atoms. The molecule has 0 aliphatic rings. The zero-order valence-electron chi connectivity index (χ0n) is 12.4. The number of phenols is 1. The summed E-state index contributed by atoms with van der Waals surface area (Å²) in [4.78, 5) is 0. The molecule has 1 atom stereocenters. The van der Waals surface area contributed by atoms with Crippen LogP contribution < -0.4 is 5.32 Å². The van der Waals surface area contributed by atoms with Crippen molar-refractivity contribution in [1.82, 2.24) is 5.32 Å². The van der Waals surface area contributed by atoms with E-state index in [-0.39, 0.29) is 6.04 Å². The Balaban J connectivity index is 1.98. The minimum absolute atomic E-state index is 0.260. The van der Waals surface area contributed by atoms with Gasteiger partial charge in [-0.3, -0.25) is 0 Å². The van der Waals surface area contributed by atoms with Crippen molar-refractivity contribution in [3.05, 3.63) is 65.2 Å². The molecule has 1 unspecified atom stereocenters. The number of hydrogen-bond donors (Lipinski definition) is 2. The van der Waals surface area contributed by atoms with Crippen molar-refractivity contribution < 1.29 is 5.11 Å². The van der Waals surface area contributed by atoms with Gasteiger partial charge < -0.3 is 10.4 Å². The van der Waals surface area contributed by atoms with Gasteiger partial charge in [0.2, 0.25) is 0 Å². The molecule has 0 spiro atoms. The first-order valence-corrected chi connectivity index (χ1v) is 7.18. The van der Waals surface area contributed by atoms with Gasteiger partial charge in [-0.2, -0.15) is 0 Å². The normalized spacial score (nSPS) is 12.6. The van der Waals surface area contributed by atoms with E-state index in [1.165, 1.54) is 11.1 Å². The van der Waals surface area contributed by atoms with Gasteiger partial charge in [-0.05, 0) is 30.0 Å². The first-order chi connectivity index (χ1) is 9.58. The van der Waals surface area contributed by atoms with E-state index in [4.69, 9.17) is 0 Å². The fraction of sp³-hybridized carbons (Fsp3) is 0.333. The second-order valence-corrected chi connectivity index (χ2v) is 5.55. The first kappa shape index (κ1) is 14.6. The lowest BCUT2D eigenvalue weighted by Gasteiger charge is -2.16. The lowest BCUT2D eigenvalue weighted by Crippen LogP contribution is -2.18. The minimum Gasteiger partial charge on any atom is -0.508 e. The zero-order chi connectivity index (χ0) is 14.5. The first-order valence-electron chi connectivity index (χ1n) is 7.18. The average Bonchev–Trinajstić information content (AvgIpc) is 2.46. The number of phenolic OH excluding ortho intramolecular Hbond substituents is 1. The second-order valence-electron chi connectivity index (χ2n) is 5.55. The highest BCUT2D eigenvalue weighted by molar-refractivity contribution is 5.32. The number of hydrogen-bond acceptors (Lipinski definition) is 2. The molecule has 106 valence electrons. The molecule has 0 aromatic heterocycles. The van der Waals surface area contributed by atoms with Crippen molar-refractivity contribution >= 4 is 0 Å². The summed E-state index contributed by atoms with van der Waals surface area (Å²) in [6, 6.07) is 16.4. The summed E-state index contributed by atoms with van der Waals surface area (Å²) in [5.74, 6) is 0.913. The summed E-state index contributed by atoms with van der Waals surface area (Å²) in [6.07, 6.45) is 0. The van der Waals surface area contributed by atoms with Crippen LogP contribution in [0.1, 0.15) is 49.4 Å². The van der Waals surface area contributed by atoms with Crippen LogP contribution in [-0.2, 0) is 6.54 Å². The Bertz CT molecular complexity index is 546. The fourth-order valence-corrected chi connectivity index (χ4v) is 2.21.